The van der Waals surface area contributed by atoms with Gasteiger partial charge in [-0.15, -0.1) is 0 Å². The van der Waals surface area contributed by atoms with E-state index in [1.807, 2.05) is 36.4 Å². The summed E-state index contributed by atoms with van der Waals surface area (Å²) in [5, 5.41) is 20.0. The summed E-state index contributed by atoms with van der Waals surface area (Å²) >= 11 is 6.27. The first-order valence-corrected chi connectivity index (χ1v) is 23.4. The lowest BCUT2D eigenvalue weighted by Gasteiger charge is -2.38. The quantitative estimate of drug-likeness (QED) is 0.0802. The summed E-state index contributed by atoms with van der Waals surface area (Å²) in [5.41, 5.74) is 7.76. The van der Waals surface area contributed by atoms with Crippen LogP contribution in [0.1, 0.15) is 60.9 Å². The SMILES string of the molecule is O=C(NS(=O)(=O)c1ccc(NCC2CCOCC2)c([N+](=O)[O-])c1)c1ccc(N2CCN(CC3=C(c4ccc(Cl)cc4)CC4(CC3)CC4)CC2)cc1-n1[nH]cc2nc3nccc3cc21. The first-order chi connectivity index (χ1) is 30.5. The van der Waals surface area contributed by atoms with Crippen LogP contribution in [0, 0.1) is 21.4 Å². The van der Waals surface area contributed by atoms with E-state index in [4.69, 9.17) is 16.3 Å². The summed E-state index contributed by atoms with van der Waals surface area (Å²) < 4.78 is 37.0. The largest absolute Gasteiger partial charge is 0.381 e. The number of amides is 1. The van der Waals surface area contributed by atoms with Gasteiger partial charge in [-0.1, -0.05) is 29.3 Å². The Morgan fingerprint density at radius 2 is 1.78 bits per heavy atom. The molecule has 2 aliphatic heterocycles. The molecule has 4 aliphatic rings. The molecule has 17 heteroatoms. The average Bonchev–Trinajstić information content (AvgIpc) is 3.66. The molecule has 1 amide bonds. The van der Waals surface area contributed by atoms with E-state index in [9.17, 15) is 23.3 Å². The monoisotopic (exact) mass is 889 g/mol. The van der Waals surface area contributed by atoms with Crippen LogP contribution in [0.25, 0.3) is 33.3 Å². The fourth-order valence-electron chi connectivity index (χ4n) is 9.45. The van der Waals surface area contributed by atoms with Crippen molar-refractivity contribution in [2.45, 2.75) is 49.8 Å². The first kappa shape index (κ1) is 41.2. The van der Waals surface area contributed by atoms with Crippen molar-refractivity contribution >= 4 is 72.2 Å². The minimum Gasteiger partial charge on any atom is -0.381 e. The zero-order valence-electron chi connectivity index (χ0n) is 34.7. The Labute approximate surface area is 369 Å². The fourth-order valence-corrected chi connectivity index (χ4v) is 10.6. The van der Waals surface area contributed by atoms with Crippen LogP contribution in [0.5, 0.6) is 0 Å². The number of nitrogens with one attached hydrogen (secondary N) is 3. The van der Waals surface area contributed by atoms with Crippen molar-refractivity contribution in [1.82, 2.24) is 29.4 Å². The highest BCUT2D eigenvalue weighted by Gasteiger charge is 2.45. The summed E-state index contributed by atoms with van der Waals surface area (Å²) in [6.45, 7) is 5.86. The number of aromatic nitrogens is 4. The molecule has 3 N–H and O–H groups in total. The topological polar surface area (TPSA) is 181 Å². The molecule has 10 rings (SSSR count). The maximum absolute atomic E-state index is 14.2. The normalized spacial score (nSPS) is 18.3. The van der Waals surface area contributed by atoms with Crippen LogP contribution in [0.15, 0.2) is 95.7 Å². The number of carbonyl (C=O) groups is 1. The van der Waals surface area contributed by atoms with Crippen LogP contribution in [0.4, 0.5) is 17.1 Å². The Morgan fingerprint density at radius 3 is 2.54 bits per heavy atom. The number of aromatic amines is 1. The molecule has 2 saturated heterocycles. The van der Waals surface area contributed by atoms with E-state index in [1.54, 1.807) is 23.1 Å². The number of ether oxygens (including phenoxy) is 1. The number of carbonyl (C=O) groups excluding carboxylic acids is 1. The zero-order valence-corrected chi connectivity index (χ0v) is 36.3. The Kier molecular flexibility index (Phi) is 10.9. The van der Waals surface area contributed by atoms with Crippen molar-refractivity contribution in [3.8, 4) is 5.69 Å². The van der Waals surface area contributed by atoms with Gasteiger partial charge in [-0.05, 0) is 122 Å². The predicted molar refractivity (Wildman–Crippen MR) is 243 cm³/mol. The highest BCUT2D eigenvalue weighted by molar-refractivity contribution is 7.90. The molecule has 0 radical (unpaired) electrons. The van der Waals surface area contributed by atoms with Gasteiger partial charge >= 0.3 is 0 Å². The van der Waals surface area contributed by atoms with E-state index in [0.29, 0.717) is 47.5 Å². The van der Waals surface area contributed by atoms with Crippen LogP contribution in [0.2, 0.25) is 5.02 Å². The Balaban J connectivity index is 0.909. The number of hydrogen-bond acceptors (Lipinski definition) is 11. The van der Waals surface area contributed by atoms with E-state index in [-0.39, 0.29) is 17.2 Å². The van der Waals surface area contributed by atoms with Crippen molar-refractivity contribution in [3.63, 3.8) is 0 Å². The van der Waals surface area contributed by atoms with Gasteiger partial charge in [0.2, 0.25) is 0 Å². The number of nitro benzene ring substituents is 1. The Morgan fingerprint density at radius 1 is 0.984 bits per heavy atom. The van der Waals surface area contributed by atoms with Gasteiger partial charge in [0.1, 0.15) is 11.2 Å². The van der Waals surface area contributed by atoms with Gasteiger partial charge in [0.25, 0.3) is 21.6 Å². The second-order valence-electron chi connectivity index (χ2n) is 17.4. The smallest absolute Gasteiger partial charge is 0.293 e. The lowest BCUT2D eigenvalue weighted by Crippen LogP contribution is -2.47. The lowest BCUT2D eigenvalue weighted by molar-refractivity contribution is -0.384. The third-order valence-corrected chi connectivity index (χ3v) is 15.0. The summed E-state index contributed by atoms with van der Waals surface area (Å²) in [7, 11) is -4.56. The molecular weight excluding hydrogens is 842 g/mol. The Hall–Kier alpha value is -5.81. The second-order valence-corrected chi connectivity index (χ2v) is 19.5. The van der Waals surface area contributed by atoms with E-state index in [0.717, 1.165) is 80.6 Å². The molecule has 1 spiro atoms. The number of hydrogen-bond donors (Lipinski definition) is 3. The molecule has 63 heavy (non-hydrogen) atoms. The summed E-state index contributed by atoms with van der Waals surface area (Å²) in [5.74, 6) is -0.617. The van der Waals surface area contributed by atoms with Gasteiger partial charge in [-0.3, -0.25) is 29.6 Å². The minimum atomic E-state index is -4.56. The molecule has 2 aliphatic carbocycles. The number of sulfonamides is 1. The van der Waals surface area contributed by atoms with Crippen LogP contribution >= 0.6 is 11.6 Å². The number of fused-ring (bicyclic) bond motifs is 2. The van der Waals surface area contributed by atoms with E-state index < -0.39 is 31.4 Å². The van der Waals surface area contributed by atoms with Gasteiger partial charge in [-0.2, -0.15) is 0 Å². The molecule has 15 nitrogen and oxygen atoms in total. The minimum absolute atomic E-state index is 0.0760. The zero-order chi connectivity index (χ0) is 43.3. The van der Waals surface area contributed by atoms with Crippen LogP contribution in [-0.2, 0) is 14.8 Å². The molecule has 0 atom stereocenters. The number of nitro groups is 1. The average molecular weight is 890 g/mol. The maximum atomic E-state index is 14.2. The van der Waals surface area contributed by atoms with Gasteiger partial charge in [-0.25, -0.2) is 23.1 Å². The molecule has 5 heterocycles. The third kappa shape index (κ3) is 8.52. The number of anilines is 2. The van der Waals surface area contributed by atoms with Gasteiger partial charge < -0.3 is 15.0 Å². The summed E-state index contributed by atoms with van der Waals surface area (Å²) in [6.07, 6.45) is 11.2. The number of benzene rings is 3. The van der Waals surface area contributed by atoms with E-state index in [2.05, 4.69) is 47.0 Å². The van der Waals surface area contributed by atoms with Gasteiger partial charge in [0, 0.05) is 87.0 Å². The van der Waals surface area contributed by atoms with Gasteiger partial charge in [0.05, 0.1) is 26.6 Å². The molecule has 1 saturated carbocycles. The van der Waals surface area contributed by atoms with Crippen LogP contribution in [-0.4, -0.2) is 96.4 Å². The molecule has 3 aromatic carbocycles. The van der Waals surface area contributed by atoms with E-state index >= 15 is 0 Å². The van der Waals surface area contributed by atoms with Crippen molar-refractivity contribution in [2.24, 2.45) is 11.3 Å². The van der Waals surface area contributed by atoms with Crippen molar-refractivity contribution in [3.05, 3.63) is 117 Å². The molecule has 6 aromatic rings. The van der Waals surface area contributed by atoms with Crippen LogP contribution < -0.4 is 14.9 Å². The molecule has 0 unspecified atom stereocenters. The molecule has 0 bridgehead atoms. The van der Waals surface area contributed by atoms with Gasteiger partial charge in [0.15, 0.2) is 5.65 Å². The van der Waals surface area contributed by atoms with E-state index in [1.165, 1.54) is 48.1 Å². The first-order valence-electron chi connectivity index (χ1n) is 21.6. The Bertz CT molecular complexity index is 2880. The predicted octanol–water partition coefficient (Wildman–Crippen LogP) is 7.96. The number of pyridine rings is 1. The highest BCUT2D eigenvalue weighted by Crippen LogP contribution is 2.59. The fraction of sp³-hybridized carbons (Fsp3) is 0.370. The second kappa shape index (κ2) is 16.7. The number of rotatable bonds is 12. The lowest BCUT2D eigenvalue weighted by atomic mass is 9.78. The standard InChI is InChI=1S/C46H48ClN9O6S/c47-34-3-1-31(2-4-34)38-26-46(14-15-46)13-9-33(38)29-53-17-19-54(20-18-53)35-5-7-37(41(24-35)55-42-23-32-10-16-48-44(32)51-40(42)28-50-55)45(57)52-63(60,61)36-6-8-39(43(25-36)56(58)59)49-27-30-11-21-62-22-12-30/h1-8,10,16,23-25,28,30,49-50H,9,11-15,17-22,26-27,29H2,(H,52,57). The summed E-state index contributed by atoms with van der Waals surface area (Å²) in [4.78, 5) is 39.1. The number of nitrogens with zero attached hydrogens (tertiary/aromatic N) is 6. The number of allylic oxidation sites excluding steroid dienone is 1. The van der Waals surface area contributed by atoms with Crippen molar-refractivity contribution in [2.75, 3.05) is 62.7 Å². The highest BCUT2D eigenvalue weighted by atomic mass is 35.5. The number of piperazine rings is 1. The maximum Gasteiger partial charge on any atom is 0.293 e. The van der Waals surface area contributed by atoms with Crippen molar-refractivity contribution < 1.29 is 22.9 Å². The molecule has 3 fully saturated rings. The molecule has 3 aromatic heterocycles. The molecule has 326 valence electrons. The number of H-pyrrole nitrogens is 1. The van der Waals surface area contributed by atoms with Crippen molar-refractivity contribution in [1.29, 1.82) is 0 Å². The summed E-state index contributed by atoms with van der Waals surface area (Å²) in [6, 6.07) is 21.0. The number of halogens is 1. The van der Waals surface area contributed by atoms with Crippen LogP contribution in [0.3, 0.4) is 0 Å². The third-order valence-electron chi connectivity index (χ3n) is 13.4. The molecular formula is C46H48ClN9O6S.